The molecule has 0 aliphatic heterocycles. The highest BCUT2D eigenvalue weighted by atomic mass is 16.5. The van der Waals surface area contributed by atoms with Crippen LogP contribution in [0.4, 0.5) is 0 Å². The standard InChI is InChI=1S/C11H17NO2/c1-13-9-4-3-6-10-7-5-8-12-11(10)14-2/h5,7-8H,3-4,6,9H2,1-2H3. The zero-order valence-corrected chi connectivity index (χ0v) is 8.82. The van der Waals surface area contributed by atoms with Crippen LogP contribution in [0.25, 0.3) is 0 Å². The normalized spacial score (nSPS) is 10.1. The SMILES string of the molecule is COCCCCc1cccnc1OC. The minimum Gasteiger partial charge on any atom is -0.481 e. The molecule has 0 saturated carbocycles. The van der Waals surface area contributed by atoms with Crippen molar-refractivity contribution in [3.63, 3.8) is 0 Å². The second-order valence-electron chi connectivity index (χ2n) is 3.12. The lowest BCUT2D eigenvalue weighted by Crippen LogP contribution is -1.96. The molecule has 0 fully saturated rings. The lowest BCUT2D eigenvalue weighted by atomic mass is 10.1. The maximum Gasteiger partial charge on any atom is 0.216 e. The molecule has 0 spiro atoms. The van der Waals surface area contributed by atoms with E-state index in [2.05, 4.69) is 11.1 Å². The Bertz CT molecular complexity index is 263. The molecule has 1 aromatic heterocycles. The van der Waals surface area contributed by atoms with E-state index in [4.69, 9.17) is 9.47 Å². The van der Waals surface area contributed by atoms with Crippen LogP contribution in [0.2, 0.25) is 0 Å². The van der Waals surface area contributed by atoms with Gasteiger partial charge in [0, 0.05) is 25.5 Å². The summed E-state index contributed by atoms with van der Waals surface area (Å²) >= 11 is 0. The van der Waals surface area contributed by atoms with Gasteiger partial charge < -0.3 is 9.47 Å². The highest BCUT2D eigenvalue weighted by molar-refractivity contribution is 5.25. The number of aromatic nitrogens is 1. The predicted octanol–water partition coefficient (Wildman–Crippen LogP) is 2.06. The van der Waals surface area contributed by atoms with E-state index in [1.165, 1.54) is 5.56 Å². The van der Waals surface area contributed by atoms with Crippen molar-refractivity contribution >= 4 is 0 Å². The van der Waals surface area contributed by atoms with E-state index in [-0.39, 0.29) is 0 Å². The van der Waals surface area contributed by atoms with Gasteiger partial charge in [-0.1, -0.05) is 6.07 Å². The Morgan fingerprint density at radius 3 is 2.86 bits per heavy atom. The second-order valence-corrected chi connectivity index (χ2v) is 3.12. The van der Waals surface area contributed by atoms with Gasteiger partial charge in [-0.2, -0.15) is 0 Å². The third kappa shape index (κ3) is 3.34. The van der Waals surface area contributed by atoms with Crippen molar-refractivity contribution < 1.29 is 9.47 Å². The van der Waals surface area contributed by atoms with Crippen LogP contribution in [-0.2, 0) is 11.2 Å². The van der Waals surface area contributed by atoms with E-state index >= 15 is 0 Å². The van der Waals surface area contributed by atoms with Crippen molar-refractivity contribution in [3.8, 4) is 5.88 Å². The van der Waals surface area contributed by atoms with Gasteiger partial charge in [0.25, 0.3) is 0 Å². The van der Waals surface area contributed by atoms with Crippen molar-refractivity contribution in [2.75, 3.05) is 20.8 Å². The number of ether oxygens (including phenoxy) is 2. The first-order chi connectivity index (χ1) is 6.88. The van der Waals surface area contributed by atoms with Crippen LogP contribution in [0.3, 0.4) is 0 Å². The smallest absolute Gasteiger partial charge is 0.216 e. The number of aryl methyl sites for hydroxylation is 1. The summed E-state index contributed by atoms with van der Waals surface area (Å²) in [6.45, 7) is 0.822. The van der Waals surface area contributed by atoms with Crippen LogP contribution >= 0.6 is 0 Å². The molecule has 78 valence electrons. The molecule has 0 unspecified atom stereocenters. The molecule has 0 aliphatic rings. The van der Waals surface area contributed by atoms with Crippen LogP contribution in [0.1, 0.15) is 18.4 Å². The van der Waals surface area contributed by atoms with Gasteiger partial charge >= 0.3 is 0 Å². The Hall–Kier alpha value is -1.09. The summed E-state index contributed by atoms with van der Waals surface area (Å²) in [5.41, 5.74) is 1.17. The van der Waals surface area contributed by atoms with E-state index in [0.29, 0.717) is 0 Å². The molecule has 3 nitrogen and oxygen atoms in total. The van der Waals surface area contributed by atoms with E-state index in [9.17, 15) is 0 Å². The quantitative estimate of drug-likeness (QED) is 0.651. The molecule has 0 radical (unpaired) electrons. The number of methoxy groups -OCH3 is 2. The topological polar surface area (TPSA) is 31.4 Å². The molecule has 0 amide bonds. The average molecular weight is 195 g/mol. The Morgan fingerprint density at radius 2 is 2.14 bits per heavy atom. The van der Waals surface area contributed by atoms with E-state index < -0.39 is 0 Å². The number of rotatable bonds is 6. The van der Waals surface area contributed by atoms with Crippen LogP contribution in [0.15, 0.2) is 18.3 Å². The highest BCUT2D eigenvalue weighted by Crippen LogP contribution is 2.15. The Kier molecular flexibility index (Phi) is 5.00. The fourth-order valence-electron chi connectivity index (χ4n) is 1.36. The molecular formula is C11H17NO2. The Morgan fingerprint density at radius 1 is 1.29 bits per heavy atom. The van der Waals surface area contributed by atoms with Gasteiger partial charge in [-0.05, 0) is 25.3 Å². The molecule has 1 aromatic rings. The summed E-state index contributed by atoms with van der Waals surface area (Å²) in [4.78, 5) is 4.14. The van der Waals surface area contributed by atoms with Gasteiger partial charge in [0.2, 0.25) is 5.88 Å². The zero-order valence-electron chi connectivity index (χ0n) is 8.82. The monoisotopic (exact) mass is 195 g/mol. The van der Waals surface area contributed by atoms with Gasteiger partial charge in [-0.15, -0.1) is 0 Å². The maximum atomic E-state index is 5.16. The van der Waals surface area contributed by atoms with Crippen LogP contribution < -0.4 is 4.74 Å². The first kappa shape index (κ1) is 11.0. The lowest BCUT2D eigenvalue weighted by molar-refractivity contribution is 0.193. The molecule has 0 atom stereocenters. The Labute approximate surface area is 85.1 Å². The fraction of sp³-hybridized carbons (Fsp3) is 0.545. The van der Waals surface area contributed by atoms with Crippen LogP contribution in [-0.4, -0.2) is 25.8 Å². The minimum atomic E-state index is 0.741. The second kappa shape index (κ2) is 6.38. The van der Waals surface area contributed by atoms with Gasteiger partial charge in [-0.3, -0.25) is 0 Å². The van der Waals surface area contributed by atoms with Crippen molar-refractivity contribution in [1.29, 1.82) is 0 Å². The van der Waals surface area contributed by atoms with Gasteiger partial charge in [-0.25, -0.2) is 4.98 Å². The van der Waals surface area contributed by atoms with E-state index in [1.807, 2.05) is 6.07 Å². The van der Waals surface area contributed by atoms with Crippen molar-refractivity contribution in [2.24, 2.45) is 0 Å². The minimum absolute atomic E-state index is 0.741. The summed E-state index contributed by atoms with van der Waals surface area (Å²) in [5.74, 6) is 0.741. The summed E-state index contributed by atoms with van der Waals surface area (Å²) in [7, 11) is 3.38. The third-order valence-corrected chi connectivity index (χ3v) is 2.09. The van der Waals surface area contributed by atoms with Crippen molar-refractivity contribution in [3.05, 3.63) is 23.9 Å². The number of hydrogen-bond acceptors (Lipinski definition) is 3. The largest absolute Gasteiger partial charge is 0.481 e. The fourth-order valence-corrected chi connectivity index (χ4v) is 1.36. The first-order valence-electron chi connectivity index (χ1n) is 4.85. The van der Waals surface area contributed by atoms with Crippen molar-refractivity contribution in [2.45, 2.75) is 19.3 Å². The molecule has 0 aliphatic carbocycles. The van der Waals surface area contributed by atoms with Crippen LogP contribution in [0.5, 0.6) is 5.88 Å². The van der Waals surface area contributed by atoms with E-state index in [1.54, 1.807) is 20.4 Å². The number of unbranched alkanes of at least 4 members (excludes halogenated alkanes) is 1. The third-order valence-electron chi connectivity index (χ3n) is 2.09. The lowest BCUT2D eigenvalue weighted by Gasteiger charge is -2.05. The van der Waals surface area contributed by atoms with Gasteiger partial charge in [0.15, 0.2) is 0 Å². The number of pyridine rings is 1. The molecule has 0 N–H and O–H groups in total. The molecule has 0 aromatic carbocycles. The molecule has 1 rings (SSSR count). The molecule has 14 heavy (non-hydrogen) atoms. The van der Waals surface area contributed by atoms with E-state index in [0.717, 1.165) is 31.7 Å². The summed E-state index contributed by atoms with van der Waals surface area (Å²) in [5, 5.41) is 0. The Balaban J connectivity index is 2.41. The van der Waals surface area contributed by atoms with Crippen LogP contribution in [0, 0.1) is 0 Å². The summed E-state index contributed by atoms with van der Waals surface area (Å²) < 4.78 is 10.1. The van der Waals surface area contributed by atoms with Gasteiger partial charge in [0.1, 0.15) is 0 Å². The molecule has 1 heterocycles. The highest BCUT2D eigenvalue weighted by Gasteiger charge is 2.01. The molecule has 0 bridgehead atoms. The molecule has 0 saturated heterocycles. The predicted molar refractivity (Wildman–Crippen MR) is 55.6 cm³/mol. The number of hydrogen-bond donors (Lipinski definition) is 0. The average Bonchev–Trinajstić information content (AvgIpc) is 2.25. The summed E-state index contributed by atoms with van der Waals surface area (Å²) in [6.07, 6.45) is 4.93. The molecule has 3 heteroatoms. The maximum absolute atomic E-state index is 5.16. The summed E-state index contributed by atoms with van der Waals surface area (Å²) in [6, 6.07) is 3.99. The first-order valence-corrected chi connectivity index (χ1v) is 4.85. The van der Waals surface area contributed by atoms with Crippen molar-refractivity contribution in [1.82, 2.24) is 4.98 Å². The number of nitrogens with zero attached hydrogens (tertiary/aromatic N) is 1. The van der Waals surface area contributed by atoms with Gasteiger partial charge in [0.05, 0.1) is 7.11 Å². The zero-order chi connectivity index (χ0) is 10.2. The molecular weight excluding hydrogens is 178 g/mol.